The lowest BCUT2D eigenvalue weighted by Gasteiger charge is -2.09. The van der Waals surface area contributed by atoms with Gasteiger partial charge in [0.1, 0.15) is 0 Å². The van der Waals surface area contributed by atoms with Crippen LogP contribution in [0.25, 0.3) is 11.5 Å². The zero-order chi connectivity index (χ0) is 13.2. The second-order valence-electron chi connectivity index (χ2n) is 4.16. The van der Waals surface area contributed by atoms with Gasteiger partial charge in [-0.1, -0.05) is 48.5 Å². The topological polar surface area (TPSA) is 35.5 Å². The summed E-state index contributed by atoms with van der Waals surface area (Å²) in [6.07, 6.45) is 0. The fraction of sp³-hybridized carbons (Fsp3) is 0.0625. The Hall–Kier alpha value is -2.55. The van der Waals surface area contributed by atoms with E-state index in [4.69, 9.17) is 9.47 Å². The van der Waals surface area contributed by atoms with E-state index in [2.05, 4.69) is 0 Å². The molecular formula is C16H12O3. The summed E-state index contributed by atoms with van der Waals surface area (Å²) in [7, 11) is 1.57. The number of benzene rings is 2. The SMILES string of the molecule is COC(=C1OC(=O)c2ccccc21)c1ccccc1. The number of hydrogen-bond acceptors (Lipinski definition) is 3. The zero-order valence-electron chi connectivity index (χ0n) is 10.4. The average molecular weight is 252 g/mol. The Kier molecular flexibility index (Phi) is 2.80. The summed E-state index contributed by atoms with van der Waals surface area (Å²) < 4.78 is 10.8. The molecule has 19 heavy (non-hydrogen) atoms. The van der Waals surface area contributed by atoms with Crippen LogP contribution < -0.4 is 0 Å². The van der Waals surface area contributed by atoms with Crippen molar-refractivity contribution in [1.29, 1.82) is 0 Å². The van der Waals surface area contributed by atoms with Crippen molar-refractivity contribution in [1.82, 2.24) is 0 Å². The molecule has 0 atom stereocenters. The first kappa shape index (κ1) is 11.5. The summed E-state index contributed by atoms with van der Waals surface area (Å²) in [5.74, 6) is 0.712. The molecule has 0 saturated carbocycles. The fourth-order valence-electron chi connectivity index (χ4n) is 2.16. The standard InChI is InChI=1S/C16H12O3/c1-18-14(11-7-3-2-4-8-11)15-12-9-5-6-10-13(12)16(17)19-15/h2-10H,1H3. The predicted molar refractivity (Wildman–Crippen MR) is 72.1 cm³/mol. The number of carbonyl (C=O) groups is 1. The second-order valence-corrected chi connectivity index (χ2v) is 4.16. The molecule has 94 valence electrons. The van der Waals surface area contributed by atoms with Crippen LogP contribution in [0.1, 0.15) is 21.5 Å². The number of cyclic esters (lactones) is 1. The lowest BCUT2D eigenvalue weighted by atomic mass is 10.1. The number of rotatable bonds is 2. The molecule has 0 saturated heterocycles. The van der Waals surface area contributed by atoms with Crippen molar-refractivity contribution in [2.75, 3.05) is 7.11 Å². The van der Waals surface area contributed by atoms with Gasteiger partial charge >= 0.3 is 5.97 Å². The molecule has 3 heteroatoms. The van der Waals surface area contributed by atoms with Crippen LogP contribution in [0.2, 0.25) is 0 Å². The van der Waals surface area contributed by atoms with Crippen LogP contribution in [0.3, 0.4) is 0 Å². The van der Waals surface area contributed by atoms with Crippen LogP contribution in [-0.2, 0) is 9.47 Å². The van der Waals surface area contributed by atoms with Crippen molar-refractivity contribution in [3.05, 3.63) is 71.3 Å². The van der Waals surface area contributed by atoms with Crippen molar-refractivity contribution in [3.8, 4) is 0 Å². The summed E-state index contributed by atoms with van der Waals surface area (Å²) >= 11 is 0. The number of carbonyl (C=O) groups excluding carboxylic acids is 1. The van der Waals surface area contributed by atoms with Gasteiger partial charge < -0.3 is 9.47 Å². The van der Waals surface area contributed by atoms with E-state index >= 15 is 0 Å². The van der Waals surface area contributed by atoms with Gasteiger partial charge in [-0.25, -0.2) is 4.79 Å². The van der Waals surface area contributed by atoms with E-state index in [1.54, 1.807) is 13.2 Å². The van der Waals surface area contributed by atoms with Crippen molar-refractivity contribution in [2.45, 2.75) is 0 Å². The maximum atomic E-state index is 11.8. The van der Waals surface area contributed by atoms with Gasteiger partial charge in [0.25, 0.3) is 0 Å². The van der Waals surface area contributed by atoms with Crippen LogP contribution in [0.4, 0.5) is 0 Å². The highest BCUT2D eigenvalue weighted by Gasteiger charge is 2.29. The molecule has 0 N–H and O–H groups in total. The minimum Gasteiger partial charge on any atom is -0.492 e. The van der Waals surface area contributed by atoms with E-state index in [9.17, 15) is 4.79 Å². The zero-order valence-corrected chi connectivity index (χ0v) is 10.4. The minimum atomic E-state index is -0.337. The van der Waals surface area contributed by atoms with Gasteiger partial charge in [0.2, 0.25) is 0 Å². The van der Waals surface area contributed by atoms with Gasteiger partial charge in [0.15, 0.2) is 11.5 Å². The monoisotopic (exact) mass is 252 g/mol. The number of esters is 1. The number of ether oxygens (including phenoxy) is 2. The van der Waals surface area contributed by atoms with Gasteiger partial charge in [-0.15, -0.1) is 0 Å². The third-order valence-corrected chi connectivity index (χ3v) is 3.03. The van der Waals surface area contributed by atoms with Gasteiger partial charge in [-0.3, -0.25) is 0 Å². The highest BCUT2D eigenvalue weighted by Crippen LogP contribution is 2.35. The molecule has 3 rings (SSSR count). The van der Waals surface area contributed by atoms with E-state index in [1.807, 2.05) is 48.5 Å². The van der Waals surface area contributed by atoms with E-state index in [0.29, 0.717) is 17.1 Å². The molecule has 0 amide bonds. The number of hydrogen-bond donors (Lipinski definition) is 0. The average Bonchev–Trinajstić information content (AvgIpc) is 2.79. The molecule has 0 bridgehead atoms. The van der Waals surface area contributed by atoms with Crippen molar-refractivity contribution in [3.63, 3.8) is 0 Å². The summed E-state index contributed by atoms with van der Waals surface area (Å²) in [5, 5.41) is 0. The Bertz CT molecular complexity index is 657. The maximum absolute atomic E-state index is 11.8. The molecule has 2 aromatic carbocycles. The fourth-order valence-corrected chi connectivity index (χ4v) is 2.16. The van der Waals surface area contributed by atoms with Crippen LogP contribution in [0, 0.1) is 0 Å². The first-order valence-electron chi connectivity index (χ1n) is 5.96. The molecule has 0 aromatic heterocycles. The Morgan fingerprint density at radius 1 is 0.947 bits per heavy atom. The molecule has 0 aliphatic carbocycles. The highest BCUT2D eigenvalue weighted by atomic mass is 16.6. The van der Waals surface area contributed by atoms with Crippen LogP contribution in [0.5, 0.6) is 0 Å². The van der Waals surface area contributed by atoms with Gasteiger partial charge in [0, 0.05) is 11.1 Å². The minimum absolute atomic E-state index is 0.337. The predicted octanol–water partition coefficient (Wildman–Crippen LogP) is 3.33. The Balaban J connectivity index is 2.20. The number of fused-ring (bicyclic) bond motifs is 1. The molecule has 1 aliphatic heterocycles. The van der Waals surface area contributed by atoms with Gasteiger partial charge in [0.05, 0.1) is 12.7 Å². The smallest absolute Gasteiger partial charge is 0.344 e. The van der Waals surface area contributed by atoms with Crippen molar-refractivity contribution >= 4 is 17.5 Å². The molecule has 0 radical (unpaired) electrons. The molecule has 1 heterocycles. The van der Waals surface area contributed by atoms with Gasteiger partial charge in [-0.05, 0) is 6.07 Å². The van der Waals surface area contributed by atoms with E-state index < -0.39 is 0 Å². The summed E-state index contributed by atoms with van der Waals surface area (Å²) in [4.78, 5) is 11.8. The Morgan fingerprint density at radius 3 is 2.26 bits per heavy atom. The molecule has 2 aromatic rings. The summed E-state index contributed by atoms with van der Waals surface area (Å²) in [5.41, 5.74) is 2.22. The molecular weight excluding hydrogens is 240 g/mol. The highest BCUT2D eigenvalue weighted by molar-refractivity contribution is 6.07. The third kappa shape index (κ3) is 1.89. The molecule has 3 nitrogen and oxygen atoms in total. The summed E-state index contributed by atoms with van der Waals surface area (Å²) in [6, 6.07) is 16.9. The van der Waals surface area contributed by atoms with Crippen LogP contribution in [0.15, 0.2) is 54.6 Å². The van der Waals surface area contributed by atoms with Gasteiger partial charge in [-0.2, -0.15) is 0 Å². The number of methoxy groups -OCH3 is 1. The first-order valence-corrected chi connectivity index (χ1v) is 5.96. The normalized spacial score (nSPS) is 15.7. The van der Waals surface area contributed by atoms with E-state index in [1.165, 1.54) is 0 Å². The molecule has 0 unspecified atom stereocenters. The molecule has 0 spiro atoms. The third-order valence-electron chi connectivity index (χ3n) is 3.03. The quantitative estimate of drug-likeness (QED) is 0.607. The van der Waals surface area contributed by atoms with Crippen molar-refractivity contribution < 1.29 is 14.3 Å². The van der Waals surface area contributed by atoms with E-state index in [0.717, 1.165) is 11.1 Å². The van der Waals surface area contributed by atoms with Crippen LogP contribution >= 0.6 is 0 Å². The molecule has 1 aliphatic rings. The van der Waals surface area contributed by atoms with Crippen molar-refractivity contribution in [2.24, 2.45) is 0 Å². The van der Waals surface area contributed by atoms with Crippen LogP contribution in [-0.4, -0.2) is 13.1 Å². The van der Waals surface area contributed by atoms with E-state index in [-0.39, 0.29) is 5.97 Å². The summed E-state index contributed by atoms with van der Waals surface area (Å²) in [6.45, 7) is 0. The largest absolute Gasteiger partial charge is 0.492 e. The Morgan fingerprint density at radius 2 is 1.58 bits per heavy atom. The molecule has 0 fully saturated rings. The first-order chi connectivity index (χ1) is 9.31. The lowest BCUT2D eigenvalue weighted by molar-refractivity contribution is 0.0713. The Labute approximate surface area is 111 Å². The lowest BCUT2D eigenvalue weighted by Crippen LogP contribution is -1.95. The maximum Gasteiger partial charge on any atom is 0.344 e. The second kappa shape index (κ2) is 4.61.